The molecule has 2 N–H and O–H groups in total. The minimum atomic E-state index is -0.0765. The first-order chi connectivity index (χ1) is 14.2. The summed E-state index contributed by atoms with van der Waals surface area (Å²) in [5.41, 5.74) is 6.32. The molecule has 5 rings (SSSR count). The zero-order chi connectivity index (χ0) is 19.8. The average Bonchev–Trinajstić information content (AvgIpc) is 3.32. The van der Waals surface area contributed by atoms with Crippen LogP contribution in [0.15, 0.2) is 54.9 Å². The van der Waals surface area contributed by atoms with E-state index in [1.54, 1.807) is 0 Å². The maximum Gasteiger partial charge on any atom is 0.257 e. The Morgan fingerprint density at radius 2 is 1.97 bits per heavy atom. The number of amides is 1. The Balaban J connectivity index is 1.36. The number of hydrogen-bond acceptors (Lipinski definition) is 2. The van der Waals surface area contributed by atoms with Crippen LogP contribution in [-0.4, -0.2) is 20.4 Å². The predicted octanol–water partition coefficient (Wildman–Crippen LogP) is 4.85. The molecular formula is C24H24N4O. The van der Waals surface area contributed by atoms with Gasteiger partial charge in [-0.05, 0) is 61.9 Å². The van der Waals surface area contributed by atoms with Crippen molar-refractivity contribution in [3.05, 3.63) is 83.1 Å². The van der Waals surface area contributed by atoms with Crippen molar-refractivity contribution in [3.8, 4) is 0 Å². The van der Waals surface area contributed by atoms with E-state index >= 15 is 0 Å². The van der Waals surface area contributed by atoms with E-state index in [-0.39, 0.29) is 5.91 Å². The summed E-state index contributed by atoms with van der Waals surface area (Å²) in [6.45, 7) is 2.76. The van der Waals surface area contributed by atoms with E-state index in [9.17, 15) is 4.79 Å². The number of hydrogen-bond donors (Lipinski definition) is 2. The number of carbonyl (C=O) groups excluding carboxylic acids is 1. The molecule has 4 aromatic rings. The van der Waals surface area contributed by atoms with Gasteiger partial charge < -0.3 is 14.9 Å². The van der Waals surface area contributed by atoms with Gasteiger partial charge in [-0.3, -0.25) is 4.79 Å². The van der Waals surface area contributed by atoms with Gasteiger partial charge in [-0.1, -0.05) is 24.3 Å². The summed E-state index contributed by atoms with van der Waals surface area (Å²) >= 11 is 0. The van der Waals surface area contributed by atoms with Crippen molar-refractivity contribution in [2.24, 2.45) is 0 Å². The third-order valence-corrected chi connectivity index (χ3v) is 5.87. The largest absolute Gasteiger partial charge is 0.358 e. The molecule has 0 unspecified atom stereocenters. The number of nitrogens with one attached hydrogen (secondary N) is 2. The molecule has 146 valence electrons. The SMILES string of the molecule is Cc1nccn1Cc1ccc(NC(=O)c2cccc3c4c([nH]c23)CCCC4)cc1. The minimum Gasteiger partial charge on any atom is -0.358 e. The molecule has 29 heavy (non-hydrogen) atoms. The molecule has 1 aliphatic rings. The quantitative estimate of drug-likeness (QED) is 0.528. The highest BCUT2D eigenvalue weighted by atomic mass is 16.1. The fraction of sp³-hybridized carbons (Fsp3) is 0.250. The van der Waals surface area contributed by atoms with Crippen LogP contribution in [0.4, 0.5) is 5.69 Å². The number of imidazole rings is 1. The Bertz CT molecular complexity index is 1180. The van der Waals surface area contributed by atoms with Gasteiger partial charge in [0.15, 0.2) is 0 Å². The van der Waals surface area contributed by atoms with Crippen LogP contribution in [0.5, 0.6) is 0 Å². The summed E-state index contributed by atoms with van der Waals surface area (Å²) in [5.74, 6) is 0.913. The number of aromatic amines is 1. The van der Waals surface area contributed by atoms with Crippen molar-refractivity contribution in [2.45, 2.75) is 39.2 Å². The van der Waals surface area contributed by atoms with Crippen LogP contribution in [0.25, 0.3) is 10.9 Å². The molecule has 1 amide bonds. The zero-order valence-corrected chi connectivity index (χ0v) is 16.5. The molecule has 2 aromatic carbocycles. The fourth-order valence-corrected chi connectivity index (χ4v) is 4.28. The van der Waals surface area contributed by atoms with E-state index in [1.807, 2.05) is 55.7 Å². The smallest absolute Gasteiger partial charge is 0.257 e. The number of aryl methyl sites for hydroxylation is 3. The molecular weight excluding hydrogens is 360 g/mol. The molecule has 0 atom stereocenters. The number of H-pyrrole nitrogens is 1. The third kappa shape index (κ3) is 3.33. The molecule has 0 saturated heterocycles. The van der Waals surface area contributed by atoms with Crippen LogP contribution < -0.4 is 5.32 Å². The van der Waals surface area contributed by atoms with E-state index < -0.39 is 0 Å². The van der Waals surface area contributed by atoms with E-state index in [1.165, 1.54) is 35.0 Å². The Kier molecular flexibility index (Phi) is 4.43. The van der Waals surface area contributed by atoms with Gasteiger partial charge in [0.25, 0.3) is 5.91 Å². The van der Waals surface area contributed by atoms with Crippen molar-refractivity contribution in [1.29, 1.82) is 0 Å². The molecule has 0 fully saturated rings. The molecule has 2 heterocycles. The monoisotopic (exact) mass is 384 g/mol. The lowest BCUT2D eigenvalue weighted by Crippen LogP contribution is -2.12. The van der Waals surface area contributed by atoms with E-state index in [2.05, 4.69) is 25.9 Å². The van der Waals surface area contributed by atoms with Crippen LogP contribution in [-0.2, 0) is 19.4 Å². The second-order valence-corrected chi connectivity index (χ2v) is 7.77. The van der Waals surface area contributed by atoms with E-state index in [0.29, 0.717) is 5.56 Å². The summed E-state index contributed by atoms with van der Waals surface area (Å²) in [6.07, 6.45) is 8.39. The Labute approximate surface area is 169 Å². The Morgan fingerprint density at radius 3 is 2.76 bits per heavy atom. The van der Waals surface area contributed by atoms with E-state index in [4.69, 9.17) is 0 Å². The number of fused-ring (bicyclic) bond motifs is 3. The minimum absolute atomic E-state index is 0.0765. The molecule has 0 saturated carbocycles. The number of nitrogens with zero attached hydrogens (tertiary/aromatic N) is 2. The second-order valence-electron chi connectivity index (χ2n) is 7.77. The van der Waals surface area contributed by atoms with Crippen LogP contribution >= 0.6 is 0 Å². The van der Waals surface area contributed by atoms with Gasteiger partial charge in [0.2, 0.25) is 0 Å². The molecule has 0 aliphatic heterocycles. The Hall–Kier alpha value is -3.34. The number of carbonyl (C=O) groups is 1. The fourth-order valence-electron chi connectivity index (χ4n) is 4.28. The van der Waals surface area contributed by atoms with Crippen molar-refractivity contribution in [2.75, 3.05) is 5.32 Å². The standard InChI is InChI=1S/C24H24N4O/c1-16-25-13-14-28(16)15-17-9-11-18(12-10-17)26-24(29)21-7-4-6-20-19-5-2-3-8-22(19)27-23(20)21/h4,6-7,9-14,27H,2-3,5,8,15H2,1H3,(H,26,29). The lowest BCUT2D eigenvalue weighted by Gasteiger charge is -2.10. The summed E-state index contributed by atoms with van der Waals surface area (Å²) in [6, 6.07) is 14.0. The summed E-state index contributed by atoms with van der Waals surface area (Å²) in [5, 5.41) is 4.24. The van der Waals surface area contributed by atoms with Crippen molar-refractivity contribution >= 4 is 22.5 Å². The van der Waals surface area contributed by atoms with Crippen molar-refractivity contribution < 1.29 is 4.79 Å². The first kappa shape index (κ1) is 17.7. The molecule has 0 spiro atoms. The lowest BCUT2D eigenvalue weighted by molar-refractivity contribution is 0.102. The van der Waals surface area contributed by atoms with Crippen LogP contribution in [0.3, 0.4) is 0 Å². The molecule has 5 heteroatoms. The second kappa shape index (κ2) is 7.24. The van der Waals surface area contributed by atoms with Gasteiger partial charge in [0.05, 0.1) is 11.1 Å². The lowest BCUT2D eigenvalue weighted by atomic mass is 9.95. The molecule has 0 radical (unpaired) electrons. The highest BCUT2D eigenvalue weighted by Gasteiger charge is 2.19. The molecule has 5 nitrogen and oxygen atoms in total. The molecule has 1 aliphatic carbocycles. The summed E-state index contributed by atoms with van der Waals surface area (Å²) in [7, 11) is 0. The number of benzene rings is 2. The number of rotatable bonds is 4. The Morgan fingerprint density at radius 1 is 1.14 bits per heavy atom. The van der Waals surface area contributed by atoms with Crippen molar-refractivity contribution in [3.63, 3.8) is 0 Å². The van der Waals surface area contributed by atoms with Gasteiger partial charge >= 0.3 is 0 Å². The number of para-hydroxylation sites is 1. The summed E-state index contributed by atoms with van der Waals surface area (Å²) < 4.78 is 2.10. The van der Waals surface area contributed by atoms with Gasteiger partial charge in [0.1, 0.15) is 5.82 Å². The normalized spacial score (nSPS) is 13.4. The number of aromatic nitrogens is 3. The highest BCUT2D eigenvalue weighted by molar-refractivity contribution is 6.12. The van der Waals surface area contributed by atoms with Crippen molar-refractivity contribution in [1.82, 2.24) is 14.5 Å². The van der Waals surface area contributed by atoms with Crippen LogP contribution in [0.1, 0.15) is 45.8 Å². The predicted molar refractivity (Wildman–Crippen MR) is 115 cm³/mol. The number of anilines is 1. The maximum atomic E-state index is 13.0. The van der Waals surface area contributed by atoms with Crippen LogP contribution in [0.2, 0.25) is 0 Å². The topological polar surface area (TPSA) is 62.7 Å². The van der Waals surface area contributed by atoms with Crippen LogP contribution in [0, 0.1) is 6.92 Å². The van der Waals surface area contributed by atoms with Gasteiger partial charge in [0, 0.05) is 35.7 Å². The third-order valence-electron chi connectivity index (χ3n) is 5.87. The first-order valence-electron chi connectivity index (χ1n) is 10.2. The maximum absolute atomic E-state index is 13.0. The zero-order valence-electron chi connectivity index (χ0n) is 16.5. The average molecular weight is 384 g/mol. The molecule has 2 aromatic heterocycles. The highest BCUT2D eigenvalue weighted by Crippen LogP contribution is 2.31. The summed E-state index contributed by atoms with van der Waals surface area (Å²) in [4.78, 5) is 20.8. The first-order valence-corrected chi connectivity index (χ1v) is 10.2. The molecule has 0 bridgehead atoms. The van der Waals surface area contributed by atoms with Gasteiger partial charge in [-0.2, -0.15) is 0 Å². The van der Waals surface area contributed by atoms with Gasteiger partial charge in [-0.25, -0.2) is 4.98 Å². The van der Waals surface area contributed by atoms with E-state index in [0.717, 1.165) is 36.4 Å². The van der Waals surface area contributed by atoms with Gasteiger partial charge in [-0.15, -0.1) is 0 Å².